The van der Waals surface area contributed by atoms with E-state index in [1.807, 2.05) is 49.8 Å². The van der Waals surface area contributed by atoms with Gasteiger partial charge in [-0.05, 0) is 50.2 Å². The van der Waals surface area contributed by atoms with Gasteiger partial charge in [0.1, 0.15) is 0 Å². The van der Waals surface area contributed by atoms with Crippen molar-refractivity contribution in [3.8, 4) is 5.69 Å². The van der Waals surface area contributed by atoms with Crippen LogP contribution in [-0.2, 0) is 11.8 Å². The third-order valence-electron chi connectivity index (χ3n) is 4.24. The van der Waals surface area contributed by atoms with Gasteiger partial charge >= 0.3 is 0 Å². The first kappa shape index (κ1) is 17.9. The van der Waals surface area contributed by atoms with Crippen LogP contribution < -0.4 is 5.32 Å². The highest BCUT2D eigenvalue weighted by Crippen LogP contribution is 2.16. The summed E-state index contributed by atoms with van der Waals surface area (Å²) in [5.74, 6) is -0.159. The zero-order chi connectivity index (χ0) is 18.7. The minimum absolute atomic E-state index is 0.159. The quantitative estimate of drug-likeness (QED) is 0.738. The normalized spacial score (nSPS) is 12.2. The molecule has 3 rings (SSSR count). The lowest BCUT2D eigenvalue weighted by molar-refractivity contribution is 0.0892. The number of nitrogens with one attached hydrogen (secondary N) is 1. The number of nitrogens with zero attached hydrogens (tertiary/aromatic N) is 4. The Hall–Kier alpha value is -2.93. The van der Waals surface area contributed by atoms with Crippen LogP contribution in [0, 0.1) is 13.8 Å². The number of benzene rings is 1. The molecule has 0 spiro atoms. The molecule has 0 saturated carbocycles. The second-order valence-corrected chi connectivity index (χ2v) is 6.25. The third-order valence-corrected chi connectivity index (χ3v) is 4.24. The van der Waals surface area contributed by atoms with Crippen molar-refractivity contribution in [1.82, 2.24) is 24.9 Å². The van der Waals surface area contributed by atoms with Gasteiger partial charge in [0.15, 0.2) is 0 Å². The summed E-state index contributed by atoms with van der Waals surface area (Å²) in [7, 11) is 3.45. The van der Waals surface area contributed by atoms with Gasteiger partial charge in [0.05, 0.1) is 29.7 Å². The smallest absolute Gasteiger partial charge is 0.251 e. The Balaban J connectivity index is 1.77. The number of hydrogen-bond acceptors (Lipinski definition) is 4. The summed E-state index contributed by atoms with van der Waals surface area (Å²) in [5, 5.41) is 11.6. The number of methoxy groups -OCH3 is 1. The molecular weight excluding hydrogens is 330 g/mol. The van der Waals surface area contributed by atoms with E-state index in [0.29, 0.717) is 12.2 Å². The predicted octanol–water partition coefficient (Wildman–Crippen LogP) is 2.34. The molecule has 136 valence electrons. The van der Waals surface area contributed by atoms with Gasteiger partial charge in [0.2, 0.25) is 0 Å². The Bertz CT molecular complexity index is 895. The standard InChI is InChI=1S/C19H23N5O2/c1-13-11-14(2)24(22-13)16-7-5-15(6-8-16)19(25)21-17(12-26-4)18-9-10-20-23(18)3/h5-11,17H,12H2,1-4H3,(H,21,25)/t17-/m0/s1. The van der Waals surface area contributed by atoms with Crippen LogP contribution in [0.1, 0.15) is 33.5 Å². The van der Waals surface area contributed by atoms with Gasteiger partial charge in [0, 0.05) is 31.6 Å². The average molecular weight is 353 g/mol. The van der Waals surface area contributed by atoms with Gasteiger partial charge in [-0.2, -0.15) is 10.2 Å². The summed E-state index contributed by atoms with van der Waals surface area (Å²) >= 11 is 0. The van der Waals surface area contributed by atoms with E-state index in [1.54, 1.807) is 30.1 Å². The number of ether oxygens (including phenoxy) is 1. The molecular formula is C19H23N5O2. The number of rotatable bonds is 6. The average Bonchev–Trinajstić information content (AvgIpc) is 3.19. The molecule has 0 fully saturated rings. The lowest BCUT2D eigenvalue weighted by Crippen LogP contribution is -2.32. The van der Waals surface area contributed by atoms with Gasteiger partial charge in [-0.15, -0.1) is 0 Å². The molecule has 1 aromatic carbocycles. The first-order chi connectivity index (χ1) is 12.5. The van der Waals surface area contributed by atoms with Crippen LogP contribution in [0.5, 0.6) is 0 Å². The van der Waals surface area contributed by atoms with Gasteiger partial charge in [-0.25, -0.2) is 4.68 Å². The SMILES string of the molecule is COC[C@H](NC(=O)c1ccc(-n2nc(C)cc2C)cc1)c1ccnn1C. The Morgan fingerprint density at radius 2 is 1.96 bits per heavy atom. The van der Waals surface area contributed by atoms with Crippen molar-refractivity contribution in [3.63, 3.8) is 0 Å². The molecule has 26 heavy (non-hydrogen) atoms. The van der Waals surface area contributed by atoms with E-state index >= 15 is 0 Å². The zero-order valence-electron chi connectivity index (χ0n) is 15.4. The molecule has 7 nitrogen and oxygen atoms in total. The Morgan fingerprint density at radius 3 is 2.50 bits per heavy atom. The number of aromatic nitrogens is 4. The van der Waals surface area contributed by atoms with E-state index in [9.17, 15) is 4.79 Å². The molecule has 0 aliphatic rings. The summed E-state index contributed by atoms with van der Waals surface area (Å²) in [4.78, 5) is 12.6. The van der Waals surface area contributed by atoms with Crippen molar-refractivity contribution in [2.45, 2.75) is 19.9 Å². The number of amides is 1. The van der Waals surface area contributed by atoms with E-state index in [-0.39, 0.29) is 11.9 Å². The van der Waals surface area contributed by atoms with Crippen molar-refractivity contribution >= 4 is 5.91 Å². The fraction of sp³-hybridized carbons (Fsp3) is 0.316. The predicted molar refractivity (Wildman–Crippen MR) is 98.3 cm³/mol. The number of carbonyl (C=O) groups excluding carboxylic acids is 1. The fourth-order valence-electron chi connectivity index (χ4n) is 2.98. The maximum Gasteiger partial charge on any atom is 0.251 e. The molecule has 1 atom stereocenters. The van der Waals surface area contributed by atoms with Crippen LogP contribution in [0.2, 0.25) is 0 Å². The molecule has 0 bridgehead atoms. The molecule has 0 saturated heterocycles. The van der Waals surface area contributed by atoms with Crippen molar-refractivity contribution < 1.29 is 9.53 Å². The molecule has 0 unspecified atom stereocenters. The van der Waals surface area contributed by atoms with Gasteiger partial charge in [-0.3, -0.25) is 9.48 Å². The maximum atomic E-state index is 12.6. The molecule has 0 radical (unpaired) electrons. The topological polar surface area (TPSA) is 74.0 Å². The Labute approximate surface area is 152 Å². The third kappa shape index (κ3) is 3.67. The van der Waals surface area contributed by atoms with Gasteiger partial charge in [-0.1, -0.05) is 0 Å². The van der Waals surface area contributed by atoms with Crippen LogP contribution in [0.3, 0.4) is 0 Å². The van der Waals surface area contributed by atoms with Crippen LogP contribution >= 0.6 is 0 Å². The Morgan fingerprint density at radius 1 is 1.23 bits per heavy atom. The van der Waals surface area contributed by atoms with Crippen LogP contribution in [-0.4, -0.2) is 39.2 Å². The number of carbonyl (C=O) groups is 1. The van der Waals surface area contributed by atoms with E-state index in [0.717, 1.165) is 22.8 Å². The highest BCUT2D eigenvalue weighted by Gasteiger charge is 2.18. The minimum atomic E-state index is -0.268. The summed E-state index contributed by atoms with van der Waals surface area (Å²) in [6, 6.07) is 11.0. The van der Waals surface area contributed by atoms with Crippen molar-refractivity contribution in [2.75, 3.05) is 13.7 Å². The second kappa shape index (κ2) is 7.53. The van der Waals surface area contributed by atoms with Crippen molar-refractivity contribution in [2.24, 2.45) is 7.05 Å². The first-order valence-electron chi connectivity index (χ1n) is 8.41. The van der Waals surface area contributed by atoms with Crippen LogP contribution in [0.25, 0.3) is 5.69 Å². The first-order valence-corrected chi connectivity index (χ1v) is 8.41. The van der Waals surface area contributed by atoms with Gasteiger partial charge in [0.25, 0.3) is 5.91 Å². The van der Waals surface area contributed by atoms with Crippen LogP contribution in [0.4, 0.5) is 0 Å². The second-order valence-electron chi connectivity index (χ2n) is 6.25. The highest BCUT2D eigenvalue weighted by atomic mass is 16.5. The maximum absolute atomic E-state index is 12.6. The monoisotopic (exact) mass is 353 g/mol. The number of hydrogen-bond donors (Lipinski definition) is 1. The van der Waals surface area contributed by atoms with Crippen molar-refractivity contribution in [3.05, 3.63) is 65.2 Å². The summed E-state index contributed by atoms with van der Waals surface area (Å²) in [6.07, 6.45) is 1.70. The molecule has 0 aliphatic carbocycles. The number of aryl methyl sites for hydroxylation is 3. The summed E-state index contributed by atoms with van der Waals surface area (Å²) in [5.41, 5.74) is 4.41. The molecule has 1 N–H and O–H groups in total. The van der Waals surface area contributed by atoms with Crippen LogP contribution in [0.15, 0.2) is 42.6 Å². The molecule has 2 aromatic heterocycles. The Kier molecular flexibility index (Phi) is 5.18. The zero-order valence-corrected chi connectivity index (χ0v) is 15.4. The fourth-order valence-corrected chi connectivity index (χ4v) is 2.98. The largest absolute Gasteiger partial charge is 0.382 e. The van der Waals surface area contributed by atoms with E-state index < -0.39 is 0 Å². The highest BCUT2D eigenvalue weighted by molar-refractivity contribution is 5.94. The molecule has 2 heterocycles. The summed E-state index contributed by atoms with van der Waals surface area (Å²) < 4.78 is 8.84. The molecule has 1 amide bonds. The lowest BCUT2D eigenvalue weighted by Gasteiger charge is -2.18. The van der Waals surface area contributed by atoms with E-state index in [4.69, 9.17) is 4.74 Å². The summed E-state index contributed by atoms with van der Waals surface area (Å²) in [6.45, 7) is 4.33. The minimum Gasteiger partial charge on any atom is -0.382 e. The van der Waals surface area contributed by atoms with E-state index in [1.165, 1.54) is 0 Å². The lowest BCUT2D eigenvalue weighted by atomic mass is 10.1. The van der Waals surface area contributed by atoms with Crippen molar-refractivity contribution in [1.29, 1.82) is 0 Å². The molecule has 0 aliphatic heterocycles. The molecule has 3 aromatic rings. The van der Waals surface area contributed by atoms with E-state index in [2.05, 4.69) is 15.5 Å². The van der Waals surface area contributed by atoms with Gasteiger partial charge < -0.3 is 10.1 Å². The molecule has 7 heteroatoms.